The highest BCUT2D eigenvalue weighted by atomic mass is 19.1. The zero-order valence-electron chi connectivity index (χ0n) is 18.3. The van der Waals surface area contributed by atoms with Crippen LogP contribution in [0.2, 0.25) is 0 Å². The van der Waals surface area contributed by atoms with Gasteiger partial charge in [0.25, 0.3) is 5.56 Å². The van der Waals surface area contributed by atoms with Crippen molar-refractivity contribution in [1.82, 2.24) is 20.2 Å². The van der Waals surface area contributed by atoms with Crippen LogP contribution < -0.4 is 5.56 Å². The lowest BCUT2D eigenvalue weighted by Gasteiger charge is -2.19. The van der Waals surface area contributed by atoms with Gasteiger partial charge in [-0.05, 0) is 56.0 Å². The minimum Gasteiger partial charge on any atom is -0.420 e. The van der Waals surface area contributed by atoms with Gasteiger partial charge in [0.05, 0.1) is 10.9 Å². The van der Waals surface area contributed by atoms with Crippen LogP contribution in [0.25, 0.3) is 22.4 Å². The number of fused-ring (bicyclic) bond motifs is 1. The molecule has 0 unspecified atom stereocenters. The van der Waals surface area contributed by atoms with Crippen LogP contribution in [0.4, 0.5) is 4.39 Å². The number of hydrogen-bond donors (Lipinski definition) is 1. The van der Waals surface area contributed by atoms with Crippen molar-refractivity contribution in [3.8, 4) is 11.5 Å². The number of hydrogen-bond acceptors (Lipinski definition) is 6. The number of amides is 1. The van der Waals surface area contributed by atoms with E-state index in [2.05, 4.69) is 25.2 Å². The van der Waals surface area contributed by atoms with Gasteiger partial charge in [-0.25, -0.2) is 14.4 Å². The molecule has 1 fully saturated rings. The molecule has 2 aromatic heterocycles. The summed E-state index contributed by atoms with van der Waals surface area (Å²) in [4.78, 5) is 35.7. The molecule has 8 nitrogen and oxygen atoms in total. The number of aryl methyl sites for hydroxylation is 1. The molecule has 1 aliphatic carbocycles. The van der Waals surface area contributed by atoms with E-state index in [1.807, 2.05) is 30.3 Å². The number of carbonyl (C=O) groups is 1. The van der Waals surface area contributed by atoms with Gasteiger partial charge in [0.1, 0.15) is 11.6 Å². The van der Waals surface area contributed by atoms with Crippen LogP contribution in [0.3, 0.4) is 0 Å². The molecule has 1 amide bonds. The van der Waals surface area contributed by atoms with Crippen LogP contribution in [0.5, 0.6) is 0 Å². The second kappa shape index (κ2) is 9.46. The van der Waals surface area contributed by atoms with Crippen LogP contribution in [0.15, 0.2) is 62.7 Å². The topological polar surface area (TPSA) is 114 Å². The number of benzene rings is 2. The van der Waals surface area contributed by atoms with Crippen LogP contribution in [0.1, 0.15) is 49.7 Å². The standard InChI is InChI=1S/C25H22FN5O3/c26-17-8-11-20-19(14-17)23(33)29-21(28-20)12-13-22(32)27-18-9-6-16(7-10-18)25-31-30-24(34-25)15-4-2-1-3-5-15/h1-5,8,11,14,16H,6-7,9-10,12-13H2,(H,28,29,33). The quantitative estimate of drug-likeness (QED) is 0.474. The molecule has 172 valence electrons. The van der Waals surface area contributed by atoms with Crippen LogP contribution in [-0.4, -0.2) is 31.8 Å². The van der Waals surface area contributed by atoms with Gasteiger partial charge in [-0.15, -0.1) is 10.2 Å². The zero-order chi connectivity index (χ0) is 23.5. The van der Waals surface area contributed by atoms with E-state index in [9.17, 15) is 14.0 Å². The van der Waals surface area contributed by atoms with E-state index in [-0.39, 0.29) is 30.1 Å². The van der Waals surface area contributed by atoms with Crippen LogP contribution in [-0.2, 0) is 11.2 Å². The molecule has 5 rings (SSSR count). The molecule has 0 atom stereocenters. The molecule has 0 aliphatic heterocycles. The molecule has 1 saturated carbocycles. The largest absolute Gasteiger partial charge is 0.420 e. The number of nitrogens with zero attached hydrogens (tertiary/aromatic N) is 4. The summed E-state index contributed by atoms with van der Waals surface area (Å²) < 4.78 is 19.2. The number of halogens is 1. The Morgan fingerprint density at radius 2 is 1.91 bits per heavy atom. The molecule has 1 N–H and O–H groups in total. The van der Waals surface area contributed by atoms with E-state index >= 15 is 0 Å². The summed E-state index contributed by atoms with van der Waals surface area (Å²) in [5, 5.41) is 8.56. The Kier molecular flexibility index (Phi) is 6.07. The Morgan fingerprint density at radius 1 is 1.12 bits per heavy atom. The van der Waals surface area contributed by atoms with Crippen molar-refractivity contribution in [2.45, 2.75) is 44.4 Å². The van der Waals surface area contributed by atoms with Crippen LogP contribution in [0, 0.1) is 5.82 Å². The van der Waals surface area contributed by atoms with Gasteiger partial charge < -0.3 is 9.40 Å². The first kappa shape index (κ1) is 21.8. The predicted octanol–water partition coefficient (Wildman–Crippen LogP) is 4.37. The summed E-state index contributed by atoms with van der Waals surface area (Å²) in [7, 11) is 0. The first-order chi connectivity index (χ1) is 16.5. The highest BCUT2D eigenvalue weighted by Crippen LogP contribution is 2.32. The molecule has 2 aromatic carbocycles. The molecule has 0 bridgehead atoms. The van der Waals surface area contributed by atoms with Crippen molar-refractivity contribution in [3.63, 3.8) is 0 Å². The number of aromatic nitrogens is 4. The summed E-state index contributed by atoms with van der Waals surface area (Å²) in [6.45, 7) is 0. The second-order valence-corrected chi connectivity index (χ2v) is 8.33. The van der Waals surface area contributed by atoms with Gasteiger partial charge in [-0.2, -0.15) is 0 Å². The number of aliphatic imine (C=N–C) groups is 1. The number of aromatic amines is 1. The van der Waals surface area contributed by atoms with E-state index in [0.29, 0.717) is 36.0 Å². The highest BCUT2D eigenvalue weighted by Gasteiger charge is 2.25. The van der Waals surface area contributed by atoms with E-state index in [0.717, 1.165) is 30.2 Å². The molecule has 4 aromatic rings. The third-order valence-electron chi connectivity index (χ3n) is 5.95. The Balaban J connectivity index is 1.17. The monoisotopic (exact) mass is 459 g/mol. The maximum absolute atomic E-state index is 13.3. The normalized spacial score (nSPS) is 16.0. The van der Waals surface area contributed by atoms with Gasteiger partial charge in [-0.1, -0.05) is 18.2 Å². The van der Waals surface area contributed by atoms with Crippen molar-refractivity contribution in [2.24, 2.45) is 4.99 Å². The van der Waals surface area contributed by atoms with Gasteiger partial charge in [-0.3, -0.25) is 9.59 Å². The lowest BCUT2D eigenvalue weighted by Crippen LogP contribution is -2.16. The lowest BCUT2D eigenvalue weighted by atomic mass is 9.88. The maximum Gasteiger partial charge on any atom is 0.258 e. The van der Waals surface area contributed by atoms with Crippen molar-refractivity contribution >= 4 is 22.5 Å². The van der Waals surface area contributed by atoms with Crippen molar-refractivity contribution in [3.05, 3.63) is 76.4 Å². The molecule has 0 spiro atoms. The summed E-state index contributed by atoms with van der Waals surface area (Å²) in [5.41, 5.74) is 1.72. The van der Waals surface area contributed by atoms with Crippen LogP contribution >= 0.6 is 0 Å². The van der Waals surface area contributed by atoms with Crippen molar-refractivity contribution < 1.29 is 13.6 Å². The minimum atomic E-state index is -0.496. The van der Waals surface area contributed by atoms with Gasteiger partial charge in [0, 0.05) is 30.0 Å². The Morgan fingerprint density at radius 3 is 2.71 bits per heavy atom. The van der Waals surface area contributed by atoms with E-state index in [1.54, 1.807) is 0 Å². The maximum atomic E-state index is 13.3. The van der Waals surface area contributed by atoms with E-state index in [4.69, 9.17) is 4.42 Å². The molecular formula is C25H22FN5O3. The molecule has 0 radical (unpaired) electrons. The first-order valence-electron chi connectivity index (χ1n) is 11.2. The molecule has 1 aliphatic rings. The fourth-order valence-corrected chi connectivity index (χ4v) is 4.14. The molecular weight excluding hydrogens is 437 g/mol. The van der Waals surface area contributed by atoms with E-state index < -0.39 is 11.4 Å². The minimum absolute atomic E-state index is 0.132. The fourth-order valence-electron chi connectivity index (χ4n) is 4.14. The highest BCUT2D eigenvalue weighted by molar-refractivity contribution is 5.96. The van der Waals surface area contributed by atoms with Gasteiger partial charge in [0.15, 0.2) is 0 Å². The van der Waals surface area contributed by atoms with Crippen molar-refractivity contribution in [2.75, 3.05) is 0 Å². The Labute approximate surface area is 194 Å². The second-order valence-electron chi connectivity index (χ2n) is 8.33. The molecule has 0 saturated heterocycles. The van der Waals surface area contributed by atoms with E-state index in [1.165, 1.54) is 12.1 Å². The average Bonchev–Trinajstić information content (AvgIpc) is 3.35. The molecule has 2 heterocycles. The lowest BCUT2D eigenvalue weighted by molar-refractivity contribution is -0.117. The number of carbonyl (C=O) groups excluding carboxylic acids is 1. The summed E-state index contributed by atoms with van der Waals surface area (Å²) in [6, 6.07) is 13.5. The first-order valence-corrected chi connectivity index (χ1v) is 11.2. The molecule has 9 heteroatoms. The Bertz CT molecular complexity index is 1420. The predicted molar refractivity (Wildman–Crippen MR) is 124 cm³/mol. The smallest absolute Gasteiger partial charge is 0.258 e. The zero-order valence-corrected chi connectivity index (χ0v) is 18.3. The SMILES string of the molecule is O=C(CCc1nc2ccc(F)cc2c(=O)[nH]1)N=C1CCC(c2nnc(-c3ccccc3)o2)CC1. The fraction of sp³-hybridized carbons (Fsp3) is 0.280. The summed E-state index contributed by atoms with van der Waals surface area (Å²) in [6.07, 6.45) is 3.35. The average molecular weight is 459 g/mol. The van der Waals surface area contributed by atoms with Gasteiger partial charge in [0.2, 0.25) is 17.7 Å². The van der Waals surface area contributed by atoms with Crippen molar-refractivity contribution in [1.29, 1.82) is 0 Å². The Hall–Kier alpha value is -4.01. The number of H-pyrrole nitrogens is 1. The molecule has 34 heavy (non-hydrogen) atoms. The number of nitrogens with one attached hydrogen (secondary N) is 1. The number of rotatable bonds is 5. The third kappa shape index (κ3) is 4.83. The van der Waals surface area contributed by atoms with Gasteiger partial charge >= 0.3 is 0 Å². The third-order valence-corrected chi connectivity index (χ3v) is 5.95. The summed E-state index contributed by atoms with van der Waals surface area (Å²) in [5.74, 6) is 0.914. The summed E-state index contributed by atoms with van der Waals surface area (Å²) >= 11 is 0.